The average Bonchev–Trinajstić information content (AvgIpc) is 2.02. The second kappa shape index (κ2) is 40.6. The van der Waals surface area contributed by atoms with E-state index in [4.69, 9.17) is 0 Å². The van der Waals surface area contributed by atoms with Crippen LogP contribution in [-0.2, 0) is 25.7 Å². The van der Waals surface area contributed by atoms with E-state index in [9.17, 15) is 0 Å². The van der Waals surface area contributed by atoms with E-state index in [0.29, 0.717) is 0 Å². The SMILES string of the molecule is CCCCCCCCCCc1ccc(-c2ccc(-c3cc(/C=C/c4cc(-c5ccc(-c6ccc(CCCCCCCCCC)s6)s5)cc(-c5ccc(-c6ccc(CCCCCCCCCC)s6)s5)c4)cc(-c4ccc(-c5ccc(CCCCCCCCCC)s5)s4)c3)s2)s1. The second-order valence-corrected chi connectivity index (χ2v) is 35.6. The Kier molecular flexibility index (Phi) is 31.3. The zero-order valence-electron chi connectivity index (χ0n) is 57.6. The van der Waals surface area contributed by atoms with Crippen LogP contribution >= 0.6 is 90.7 Å². The van der Waals surface area contributed by atoms with Gasteiger partial charge in [0.2, 0.25) is 0 Å². The zero-order chi connectivity index (χ0) is 64.8. The van der Waals surface area contributed by atoms with Crippen LogP contribution in [0, 0.1) is 0 Å². The van der Waals surface area contributed by atoms with E-state index in [1.165, 1.54) is 343 Å². The molecule has 0 unspecified atom stereocenters. The summed E-state index contributed by atoms with van der Waals surface area (Å²) in [5.41, 5.74) is 7.62. The van der Waals surface area contributed by atoms with Gasteiger partial charge >= 0.3 is 0 Å². The minimum atomic E-state index is 1.20. The molecule has 0 saturated heterocycles. The Labute approximate surface area is 601 Å². The van der Waals surface area contributed by atoms with Crippen molar-refractivity contribution < 1.29 is 0 Å². The van der Waals surface area contributed by atoms with Crippen molar-refractivity contribution in [2.75, 3.05) is 0 Å². The van der Waals surface area contributed by atoms with Crippen LogP contribution in [0.4, 0.5) is 0 Å². The lowest BCUT2D eigenvalue weighted by molar-refractivity contribution is 0.576. The highest BCUT2D eigenvalue weighted by Crippen LogP contribution is 2.46. The summed E-state index contributed by atoms with van der Waals surface area (Å²) in [5, 5.41) is 0. The number of unbranched alkanes of at least 4 members (excludes halogenated alkanes) is 28. The molecule has 0 spiro atoms. The summed E-state index contributed by atoms with van der Waals surface area (Å²) in [4.78, 5) is 22.5. The molecule has 0 amide bonds. The first-order chi connectivity index (χ1) is 46.4. The second-order valence-electron chi connectivity index (χ2n) is 26.6. The van der Waals surface area contributed by atoms with E-state index in [2.05, 4.69) is 173 Å². The molecule has 94 heavy (non-hydrogen) atoms. The normalized spacial score (nSPS) is 11.8. The van der Waals surface area contributed by atoms with Crippen LogP contribution in [0.15, 0.2) is 133 Å². The van der Waals surface area contributed by atoms with Crippen molar-refractivity contribution in [3.8, 4) is 80.8 Å². The highest BCUT2D eigenvalue weighted by Gasteiger charge is 2.17. The summed E-state index contributed by atoms with van der Waals surface area (Å²) >= 11 is 15.8. The monoisotopic (exact) mass is 1400 g/mol. The molecule has 10 aromatic rings. The van der Waals surface area contributed by atoms with E-state index in [1.54, 1.807) is 0 Å². The van der Waals surface area contributed by atoms with Gasteiger partial charge in [-0.3, -0.25) is 0 Å². The molecular formula is C86H108S8. The molecule has 8 heteroatoms. The molecule has 0 radical (unpaired) electrons. The van der Waals surface area contributed by atoms with Crippen molar-refractivity contribution in [1.29, 1.82) is 0 Å². The Morgan fingerprint density at radius 1 is 0.191 bits per heavy atom. The summed E-state index contributed by atoms with van der Waals surface area (Å²) in [6.45, 7) is 9.24. The van der Waals surface area contributed by atoms with Crippen molar-refractivity contribution in [3.63, 3.8) is 0 Å². The van der Waals surface area contributed by atoms with Crippen LogP contribution < -0.4 is 0 Å². The summed E-state index contributed by atoms with van der Waals surface area (Å²) in [6.07, 6.45) is 53.3. The molecule has 0 bridgehead atoms. The first kappa shape index (κ1) is 72.5. The maximum absolute atomic E-state index is 2.47. The lowest BCUT2D eigenvalue weighted by Gasteiger charge is -2.08. The predicted molar refractivity (Wildman–Crippen MR) is 434 cm³/mol. The van der Waals surface area contributed by atoms with Gasteiger partial charge in [-0.15, -0.1) is 90.7 Å². The maximum Gasteiger partial charge on any atom is 0.0449 e. The van der Waals surface area contributed by atoms with Gasteiger partial charge in [0.05, 0.1) is 0 Å². The Morgan fingerprint density at radius 2 is 0.372 bits per heavy atom. The number of benzene rings is 2. The summed E-state index contributed by atoms with van der Waals surface area (Å²) in [6, 6.07) is 52.9. The summed E-state index contributed by atoms with van der Waals surface area (Å²) in [5.74, 6) is 0. The third-order valence-electron chi connectivity index (χ3n) is 18.7. The van der Waals surface area contributed by atoms with Crippen LogP contribution in [0.25, 0.3) is 92.9 Å². The van der Waals surface area contributed by atoms with Gasteiger partial charge in [-0.25, -0.2) is 0 Å². The summed E-state index contributed by atoms with van der Waals surface area (Å²) in [7, 11) is 0. The Hall–Kier alpha value is -4.22. The van der Waals surface area contributed by atoms with Gasteiger partial charge in [-0.2, -0.15) is 0 Å². The predicted octanol–water partition coefficient (Wildman–Crippen LogP) is 32.4. The van der Waals surface area contributed by atoms with E-state index < -0.39 is 0 Å². The van der Waals surface area contributed by atoms with Gasteiger partial charge in [0.25, 0.3) is 0 Å². The number of rotatable bonds is 46. The van der Waals surface area contributed by atoms with Crippen molar-refractivity contribution in [1.82, 2.24) is 0 Å². The van der Waals surface area contributed by atoms with Gasteiger partial charge in [-0.05, 0) is 218 Å². The molecule has 0 aliphatic rings. The van der Waals surface area contributed by atoms with Crippen LogP contribution in [0.2, 0.25) is 0 Å². The van der Waals surface area contributed by atoms with Gasteiger partial charge in [0, 0.05) is 78.0 Å². The van der Waals surface area contributed by atoms with Gasteiger partial charge in [0.1, 0.15) is 0 Å². The minimum Gasteiger partial charge on any atom is -0.139 e. The van der Waals surface area contributed by atoms with Crippen LogP contribution in [0.5, 0.6) is 0 Å². The fourth-order valence-electron chi connectivity index (χ4n) is 13.1. The molecule has 0 aliphatic carbocycles. The molecule has 10 rings (SSSR count). The largest absolute Gasteiger partial charge is 0.139 e. The molecule has 0 nitrogen and oxygen atoms in total. The molecule has 0 fully saturated rings. The highest BCUT2D eigenvalue weighted by molar-refractivity contribution is 7.25. The maximum atomic E-state index is 2.47. The topological polar surface area (TPSA) is 0 Å². The van der Waals surface area contributed by atoms with Crippen LogP contribution in [0.1, 0.15) is 264 Å². The van der Waals surface area contributed by atoms with Crippen molar-refractivity contribution >= 4 is 103 Å². The number of thiophene rings is 8. The Bertz CT molecular complexity index is 3280. The van der Waals surface area contributed by atoms with E-state index in [1.807, 2.05) is 90.7 Å². The molecular weight excluding hydrogens is 1290 g/mol. The van der Waals surface area contributed by atoms with Gasteiger partial charge in [0.15, 0.2) is 0 Å². The average molecular weight is 1400 g/mol. The van der Waals surface area contributed by atoms with E-state index in [-0.39, 0.29) is 0 Å². The summed E-state index contributed by atoms with van der Waals surface area (Å²) < 4.78 is 0. The first-order valence-corrected chi connectivity index (χ1v) is 43.7. The fraction of sp³-hybridized carbons (Fsp3) is 0.465. The van der Waals surface area contributed by atoms with E-state index >= 15 is 0 Å². The smallest absolute Gasteiger partial charge is 0.0449 e. The standard InChI is InChI=1S/C86H108S8/c1-5-9-13-17-21-25-29-33-37-71-43-47-79(87-71)83-55-51-75(91-83)67-59-65(60-68(63-67)76-52-56-84(92-76)80-48-44-72(88-80)38-34-30-26-22-18-14-10-6-2)41-42-66-61-69(77-53-57-85(93-77)81-49-45-73(89-81)39-35-31-27-23-19-15-11-7-3)64-70(62-66)78-54-58-86(94-78)82-50-46-74(90-82)40-36-32-28-24-20-16-12-8-4/h41-64H,5-40H2,1-4H3/b42-41+. The molecule has 0 saturated carbocycles. The number of hydrogen-bond acceptors (Lipinski definition) is 8. The van der Waals surface area contributed by atoms with Crippen molar-refractivity contribution in [2.45, 2.75) is 259 Å². The molecule has 0 atom stereocenters. The van der Waals surface area contributed by atoms with Crippen LogP contribution in [-0.4, -0.2) is 0 Å². The van der Waals surface area contributed by atoms with Gasteiger partial charge in [-0.1, -0.05) is 220 Å². The molecule has 8 aromatic heterocycles. The molecule has 0 N–H and O–H groups in total. The molecule has 8 heterocycles. The quantitative estimate of drug-likeness (QED) is 0.0263. The lowest BCUT2D eigenvalue weighted by atomic mass is 10.0. The minimum absolute atomic E-state index is 1.20. The Morgan fingerprint density at radius 3 is 0.596 bits per heavy atom. The van der Waals surface area contributed by atoms with E-state index in [0.717, 1.165) is 0 Å². The lowest BCUT2D eigenvalue weighted by Crippen LogP contribution is -1.83. The zero-order valence-corrected chi connectivity index (χ0v) is 64.1. The molecule has 2 aromatic carbocycles. The number of hydrogen-bond donors (Lipinski definition) is 0. The third-order valence-corrected chi connectivity index (χ3v) is 28.6. The highest BCUT2D eigenvalue weighted by atomic mass is 32.1. The van der Waals surface area contributed by atoms with Gasteiger partial charge < -0.3 is 0 Å². The third kappa shape index (κ3) is 23.2. The Balaban J connectivity index is 0.907. The molecule has 0 aliphatic heterocycles. The number of aryl methyl sites for hydroxylation is 4. The van der Waals surface area contributed by atoms with Crippen molar-refractivity contribution in [2.24, 2.45) is 0 Å². The van der Waals surface area contributed by atoms with Crippen LogP contribution in [0.3, 0.4) is 0 Å². The fourth-order valence-corrected chi connectivity index (χ4v) is 21.6. The first-order valence-electron chi connectivity index (χ1n) is 37.2. The van der Waals surface area contributed by atoms with Crippen molar-refractivity contribution in [3.05, 3.63) is 164 Å². The molecule has 500 valence electrons.